The Bertz CT molecular complexity index is 1390. The Labute approximate surface area is 211 Å². The van der Waals surface area contributed by atoms with Crippen LogP contribution in [0.25, 0.3) is 16.6 Å². The van der Waals surface area contributed by atoms with Crippen molar-refractivity contribution in [1.82, 2.24) is 19.3 Å². The third kappa shape index (κ3) is 5.04. The Morgan fingerprint density at radius 1 is 1.03 bits per heavy atom. The average molecular weight is 492 g/mol. The molecule has 0 N–H and O–H groups in total. The number of ether oxygens (including phenoxy) is 1. The van der Waals surface area contributed by atoms with Gasteiger partial charge in [0, 0.05) is 31.1 Å². The van der Waals surface area contributed by atoms with Gasteiger partial charge in [-0.15, -0.1) is 5.10 Å². The van der Waals surface area contributed by atoms with Crippen molar-refractivity contribution in [2.75, 3.05) is 18.0 Å². The van der Waals surface area contributed by atoms with E-state index in [0.29, 0.717) is 24.5 Å². The van der Waals surface area contributed by atoms with E-state index in [1.807, 2.05) is 37.3 Å². The van der Waals surface area contributed by atoms with E-state index in [-0.39, 0.29) is 18.2 Å². The highest BCUT2D eigenvalue weighted by molar-refractivity contribution is 5.86. The van der Waals surface area contributed by atoms with E-state index in [9.17, 15) is 4.79 Å². The largest absolute Gasteiger partial charge is 0.369 e. The van der Waals surface area contributed by atoms with Gasteiger partial charge < -0.3 is 9.64 Å². The molecule has 4 aromatic rings. The first-order valence-corrected chi connectivity index (χ1v) is 12.6. The molecule has 0 aliphatic carbocycles. The van der Waals surface area contributed by atoms with Crippen molar-refractivity contribution in [3.8, 4) is 5.69 Å². The van der Waals surface area contributed by atoms with Crippen LogP contribution in [0.4, 0.5) is 10.2 Å². The van der Waals surface area contributed by atoms with E-state index in [2.05, 4.69) is 43.8 Å². The predicted octanol–water partition coefficient (Wildman–Crippen LogP) is 5.43. The number of hydrogen-bond donors (Lipinski definition) is 0. The molecule has 4 rings (SSSR count). The SMILES string of the molecule is CCN(CC)c1cc(C(C)C)c2cc(-n3nc(COCc4ccccc4)n(CC)c3=O)c(F)cc2n1. The van der Waals surface area contributed by atoms with E-state index >= 15 is 4.39 Å². The standard InChI is InChI=1S/C28H34FN5O2/c1-6-32(7-2)26-15-21(19(4)5)22-14-25(23(29)16-24(22)30-26)34-28(35)33(8-3)27(31-34)18-36-17-20-12-10-9-11-13-20/h9-16,19H,6-8,17-18H2,1-5H3. The third-order valence-electron chi connectivity index (χ3n) is 6.43. The van der Waals surface area contributed by atoms with Crippen LogP contribution in [-0.2, 0) is 24.5 Å². The molecule has 2 aromatic carbocycles. The maximum Gasteiger partial charge on any atom is 0.350 e. The Morgan fingerprint density at radius 3 is 2.39 bits per heavy atom. The second-order valence-electron chi connectivity index (χ2n) is 9.05. The van der Waals surface area contributed by atoms with Crippen molar-refractivity contribution in [1.29, 1.82) is 0 Å². The summed E-state index contributed by atoms with van der Waals surface area (Å²) in [6.07, 6.45) is 0. The molecule has 0 saturated carbocycles. The summed E-state index contributed by atoms with van der Waals surface area (Å²) in [6, 6.07) is 15.0. The highest BCUT2D eigenvalue weighted by Crippen LogP contribution is 2.31. The van der Waals surface area contributed by atoms with Gasteiger partial charge in [-0.2, -0.15) is 4.68 Å². The first-order chi connectivity index (χ1) is 17.4. The molecule has 0 saturated heterocycles. The van der Waals surface area contributed by atoms with Gasteiger partial charge in [-0.25, -0.2) is 14.2 Å². The molecule has 0 spiro atoms. The van der Waals surface area contributed by atoms with Crippen molar-refractivity contribution in [2.24, 2.45) is 0 Å². The van der Waals surface area contributed by atoms with E-state index in [1.165, 1.54) is 10.6 Å². The number of benzene rings is 2. The van der Waals surface area contributed by atoms with Crippen LogP contribution in [0.1, 0.15) is 57.5 Å². The number of anilines is 1. The first-order valence-electron chi connectivity index (χ1n) is 12.6. The summed E-state index contributed by atoms with van der Waals surface area (Å²) in [5.41, 5.74) is 2.37. The van der Waals surface area contributed by atoms with Crippen molar-refractivity contribution >= 4 is 16.7 Å². The fourth-order valence-electron chi connectivity index (χ4n) is 4.45. The number of nitrogens with zero attached hydrogens (tertiary/aromatic N) is 5. The second kappa shape index (κ2) is 11.0. The molecule has 190 valence electrons. The summed E-state index contributed by atoms with van der Waals surface area (Å²) in [4.78, 5) is 20.1. The molecule has 36 heavy (non-hydrogen) atoms. The van der Waals surface area contributed by atoms with Gasteiger partial charge in [0.15, 0.2) is 11.6 Å². The van der Waals surface area contributed by atoms with Crippen molar-refractivity contribution < 1.29 is 9.13 Å². The second-order valence-corrected chi connectivity index (χ2v) is 9.05. The lowest BCUT2D eigenvalue weighted by molar-refractivity contribution is 0.0989. The van der Waals surface area contributed by atoms with E-state index in [0.717, 1.165) is 40.1 Å². The lowest BCUT2D eigenvalue weighted by Crippen LogP contribution is -2.25. The molecule has 0 aliphatic heterocycles. The van der Waals surface area contributed by atoms with Crippen LogP contribution in [0.5, 0.6) is 0 Å². The molecule has 7 nitrogen and oxygen atoms in total. The minimum absolute atomic E-state index is 0.114. The lowest BCUT2D eigenvalue weighted by Gasteiger charge is -2.22. The molecule has 2 heterocycles. The summed E-state index contributed by atoms with van der Waals surface area (Å²) < 4.78 is 23.9. The van der Waals surface area contributed by atoms with Crippen LogP contribution in [0.3, 0.4) is 0 Å². The number of pyridine rings is 1. The van der Waals surface area contributed by atoms with Gasteiger partial charge in [0.2, 0.25) is 0 Å². The van der Waals surface area contributed by atoms with E-state index < -0.39 is 11.5 Å². The predicted molar refractivity (Wildman–Crippen MR) is 141 cm³/mol. The normalized spacial score (nSPS) is 11.5. The van der Waals surface area contributed by atoms with Gasteiger partial charge in [0.05, 0.1) is 12.1 Å². The molecule has 0 aliphatic rings. The van der Waals surface area contributed by atoms with Crippen LogP contribution in [0.2, 0.25) is 0 Å². The topological polar surface area (TPSA) is 65.2 Å². The van der Waals surface area contributed by atoms with Crippen molar-refractivity contribution in [3.63, 3.8) is 0 Å². The van der Waals surface area contributed by atoms with E-state index in [1.54, 1.807) is 6.07 Å². The minimum atomic E-state index is -0.541. The van der Waals surface area contributed by atoms with Gasteiger partial charge in [-0.1, -0.05) is 44.2 Å². The fourth-order valence-corrected chi connectivity index (χ4v) is 4.45. The molecule has 0 bridgehead atoms. The van der Waals surface area contributed by atoms with Crippen LogP contribution >= 0.6 is 0 Å². The zero-order valence-corrected chi connectivity index (χ0v) is 21.7. The smallest absolute Gasteiger partial charge is 0.350 e. The molecule has 0 atom stereocenters. The number of hydrogen-bond acceptors (Lipinski definition) is 5. The van der Waals surface area contributed by atoms with Gasteiger partial charge in [-0.05, 0) is 49.9 Å². The number of fused-ring (bicyclic) bond motifs is 1. The minimum Gasteiger partial charge on any atom is -0.369 e. The highest BCUT2D eigenvalue weighted by atomic mass is 19.1. The third-order valence-corrected chi connectivity index (χ3v) is 6.43. The molecule has 8 heteroatoms. The van der Waals surface area contributed by atoms with Crippen LogP contribution < -0.4 is 10.6 Å². The Hall–Kier alpha value is -3.52. The molecular weight excluding hydrogens is 457 g/mol. The van der Waals surface area contributed by atoms with Crippen LogP contribution in [0.15, 0.2) is 53.3 Å². The molecule has 0 radical (unpaired) electrons. The molecule has 0 amide bonds. The Morgan fingerprint density at radius 2 is 1.75 bits per heavy atom. The molecule has 0 fully saturated rings. The molecule has 0 unspecified atom stereocenters. The van der Waals surface area contributed by atoms with Gasteiger partial charge in [0.25, 0.3) is 0 Å². The lowest BCUT2D eigenvalue weighted by atomic mass is 9.98. The highest BCUT2D eigenvalue weighted by Gasteiger charge is 2.20. The quantitative estimate of drug-likeness (QED) is 0.296. The Balaban J connectivity index is 1.75. The number of rotatable bonds is 10. The molecule has 2 aromatic heterocycles. The monoisotopic (exact) mass is 491 g/mol. The maximum atomic E-state index is 15.4. The van der Waals surface area contributed by atoms with Crippen molar-refractivity contribution in [2.45, 2.75) is 60.3 Å². The van der Waals surface area contributed by atoms with E-state index in [4.69, 9.17) is 9.72 Å². The first kappa shape index (κ1) is 25.6. The number of halogens is 1. The summed E-state index contributed by atoms with van der Waals surface area (Å²) in [5, 5.41) is 5.29. The van der Waals surface area contributed by atoms with Crippen LogP contribution in [0, 0.1) is 5.82 Å². The number of aromatic nitrogens is 4. The molecular formula is C28H34FN5O2. The summed E-state index contributed by atoms with van der Waals surface area (Å²) in [5.74, 6) is 0.932. The van der Waals surface area contributed by atoms with Gasteiger partial charge >= 0.3 is 5.69 Å². The van der Waals surface area contributed by atoms with Gasteiger partial charge in [-0.3, -0.25) is 4.57 Å². The fraction of sp³-hybridized carbons (Fsp3) is 0.393. The summed E-state index contributed by atoms with van der Waals surface area (Å²) in [6.45, 7) is 12.8. The summed E-state index contributed by atoms with van der Waals surface area (Å²) in [7, 11) is 0. The van der Waals surface area contributed by atoms with Crippen LogP contribution in [-0.4, -0.2) is 32.4 Å². The zero-order chi connectivity index (χ0) is 25.8. The maximum absolute atomic E-state index is 15.4. The Kier molecular flexibility index (Phi) is 7.84. The van der Waals surface area contributed by atoms with Gasteiger partial charge in [0.1, 0.15) is 18.1 Å². The summed E-state index contributed by atoms with van der Waals surface area (Å²) >= 11 is 0. The van der Waals surface area contributed by atoms with Crippen molar-refractivity contribution in [3.05, 3.63) is 81.8 Å². The average Bonchev–Trinajstić information content (AvgIpc) is 3.19. The zero-order valence-electron chi connectivity index (χ0n) is 21.7.